The first-order valence-electron chi connectivity index (χ1n) is 5.25. The fourth-order valence-corrected chi connectivity index (χ4v) is 1.15. The maximum atomic E-state index is 9.77. The average molecular weight is 300 g/mol. The molecular formula is C9H16O11. The summed E-state index contributed by atoms with van der Waals surface area (Å²) in [7, 11) is 0. The quantitative estimate of drug-likeness (QED) is 0.247. The van der Waals surface area contributed by atoms with E-state index in [1.807, 2.05) is 0 Å². The van der Waals surface area contributed by atoms with Gasteiger partial charge >= 0.3 is 11.9 Å². The molecule has 11 nitrogen and oxygen atoms in total. The summed E-state index contributed by atoms with van der Waals surface area (Å²) in [5, 5.41) is 67.5. The van der Waals surface area contributed by atoms with Crippen molar-refractivity contribution in [3.63, 3.8) is 0 Å². The normalized spacial score (nSPS) is 31.9. The lowest BCUT2D eigenvalue weighted by Gasteiger charge is -2.09. The molecule has 0 aliphatic carbocycles. The van der Waals surface area contributed by atoms with Gasteiger partial charge in [0.25, 0.3) is 0 Å². The molecule has 0 aromatic heterocycles. The lowest BCUT2D eigenvalue weighted by molar-refractivity contribution is -0.165. The molecule has 20 heavy (non-hydrogen) atoms. The van der Waals surface area contributed by atoms with Gasteiger partial charge in [0.2, 0.25) is 0 Å². The van der Waals surface area contributed by atoms with E-state index in [1.165, 1.54) is 0 Å². The molecule has 11 heteroatoms. The molecule has 1 heterocycles. The minimum atomic E-state index is -2.27. The number of aliphatic hydroxyl groups excluding tert-OH is 6. The Morgan fingerprint density at radius 2 is 1.35 bits per heavy atom. The molecule has 0 spiro atoms. The topological polar surface area (TPSA) is 205 Å². The molecule has 0 aromatic rings. The lowest BCUT2D eigenvalue weighted by Crippen LogP contribution is -2.39. The second-order valence-electron chi connectivity index (χ2n) is 3.80. The molecule has 1 aliphatic heterocycles. The van der Waals surface area contributed by atoms with Crippen molar-refractivity contribution in [1.82, 2.24) is 0 Å². The van der Waals surface area contributed by atoms with Gasteiger partial charge < -0.3 is 45.6 Å². The van der Waals surface area contributed by atoms with Crippen molar-refractivity contribution >= 4 is 11.9 Å². The van der Waals surface area contributed by atoms with Crippen molar-refractivity contribution in [2.24, 2.45) is 0 Å². The number of hydrogen-bond acceptors (Lipinski definition) is 9. The van der Waals surface area contributed by atoms with E-state index in [4.69, 9.17) is 40.9 Å². The summed E-state index contributed by atoms with van der Waals surface area (Å²) in [6, 6.07) is 0. The first-order valence-corrected chi connectivity index (χ1v) is 5.25. The zero-order valence-corrected chi connectivity index (χ0v) is 9.97. The van der Waals surface area contributed by atoms with Gasteiger partial charge in [-0.1, -0.05) is 0 Å². The summed E-state index contributed by atoms with van der Waals surface area (Å²) in [6.45, 7) is -0.407. The van der Waals surface area contributed by atoms with Gasteiger partial charge in [0.15, 0.2) is 18.5 Å². The molecule has 0 aromatic carbocycles. The van der Waals surface area contributed by atoms with Gasteiger partial charge in [0.1, 0.15) is 18.3 Å². The maximum absolute atomic E-state index is 9.77. The fourth-order valence-electron chi connectivity index (χ4n) is 1.15. The third kappa shape index (κ3) is 4.97. The monoisotopic (exact) mass is 300 g/mol. The SMILES string of the molecule is O=C(O)C(O)C(O)C(=O)O.OC[C@H]1O[C@@H](O)[C@H](O)[C@@H]1O. The molecule has 0 radical (unpaired) electrons. The van der Waals surface area contributed by atoms with Gasteiger partial charge in [-0.3, -0.25) is 0 Å². The van der Waals surface area contributed by atoms with Crippen LogP contribution in [-0.4, -0.2) is 96.2 Å². The van der Waals surface area contributed by atoms with Crippen LogP contribution in [0.2, 0.25) is 0 Å². The highest BCUT2D eigenvalue weighted by Gasteiger charge is 2.41. The van der Waals surface area contributed by atoms with Crippen LogP contribution >= 0.6 is 0 Å². The Bertz CT molecular complexity index is 314. The van der Waals surface area contributed by atoms with Crippen LogP contribution in [0.1, 0.15) is 0 Å². The Morgan fingerprint density at radius 3 is 1.50 bits per heavy atom. The number of carboxylic acids is 2. The summed E-state index contributed by atoms with van der Waals surface area (Å²) in [6.07, 6.45) is -9.29. The van der Waals surface area contributed by atoms with Crippen LogP contribution in [0.15, 0.2) is 0 Å². The molecule has 1 fully saturated rings. The van der Waals surface area contributed by atoms with E-state index >= 15 is 0 Å². The van der Waals surface area contributed by atoms with E-state index in [2.05, 4.69) is 4.74 Å². The third-order valence-electron chi connectivity index (χ3n) is 2.32. The van der Waals surface area contributed by atoms with E-state index in [0.29, 0.717) is 0 Å². The number of aliphatic hydroxyl groups is 6. The highest BCUT2D eigenvalue weighted by Crippen LogP contribution is 2.18. The van der Waals surface area contributed by atoms with Crippen LogP contribution < -0.4 is 0 Å². The highest BCUT2D eigenvalue weighted by molar-refractivity contribution is 5.83. The summed E-state index contributed by atoms with van der Waals surface area (Å²) < 4.78 is 4.54. The molecule has 118 valence electrons. The van der Waals surface area contributed by atoms with Gasteiger partial charge in [0, 0.05) is 0 Å². The molecular weight excluding hydrogens is 284 g/mol. The molecule has 1 aliphatic rings. The molecule has 0 saturated carbocycles. The van der Waals surface area contributed by atoms with E-state index in [9.17, 15) is 9.59 Å². The van der Waals surface area contributed by atoms with Gasteiger partial charge in [-0.25, -0.2) is 9.59 Å². The first kappa shape index (κ1) is 18.7. The van der Waals surface area contributed by atoms with E-state index in [0.717, 1.165) is 0 Å². The van der Waals surface area contributed by atoms with Crippen molar-refractivity contribution in [2.45, 2.75) is 36.8 Å². The highest BCUT2D eigenvalue weighted by atomic mass is 16.6. The Balaban J connectivity index is 0.000000361. The van der Waals surface area contributed by atoms with Crippen molar-refractivity contribution in [2.75, 3.05) is 6.61 Å². The first-order chi connectivity index (χ1) is 9.13. The fraction of sp³-hybridized carbons (Fsp3) is 0.778. The Morgan fingerprint density at radius 1 is 0.950 bits per heavy atom. The number of carbonyl (C=O) groups is 2. The molecule has 2 unspecified atom stereocenters. The van der Waals surface area contributed by atoms with Gasteiger partial charge in [-0.15, -0.1) is 0 Å². The zero-order valence-electron chi connectivity index (χ0n) is 9.97. The molecule has 1 rings (SSSR count). The number of carboxylic acid groups (broad SMARTS) is 2. The summed E-state index contributed by atoms with van der Waals surface area (Å²) in [5.74, 6) is -3.54. The van der Waals surface area contributed by atoms with Crippen LogP contribution in [0.4, 0.5) is 0 Å². The van der Waals surface area contributed by atoms with Crippen molar-refractivity contribution < 1.29 is 55.2 Å². The lowest BCUT2D eigenvalue weighted by atomic mass is 10.1. The van der Waals surface area contributed by atoms with Crippen LogP contribution in [0.5, 0.6) is 0 Å². The minimum Gasteiger partial charge on any atom is -0.479 e. The van der Waals surface area contributed by atoms with E-state index < -0.39 is 55.4 Å². The van der Waals surface area contributed by atoms with Gasteiger partial charge in [-0.2, -0.15) is 0 Å². The summed E-state index contributed by atoms with van der Waals surface area (Å²) in [5.41, 5.74) is 0. The van der Waals surface area contributed by atoms with Crippen LogP contribution in [0.25, 0.3) is 0 Å². The smallest absolute Gasteiger partial charge is 0.335 e. The molecule has 0 amide bonds. The summed E-state index contributed by atoms with van der Waals surface area (Å²) >= 11 is 0. The Hall–Kier alpha value is -1.34. The molecule has 8 N–H and O–H groups in total. The number of hydrogen-bond donors (Lipinski definition) is 8. The summed E-state index contributed by atoms with van der Waals surface area (Å²) in [4.78, 5) is 19.5. The predicted octanol–water partition coefficient (Wildman–Crippen LogP) is -4.70. The van der Waals surface area contributed by atoms with Crippen LogP contribution in [-0.2, 0) is 14.3 Å². The van der Waals surface area contributed by atoms with E-state index in [-0.39, 0.29) is 0 Å². The predicted molar refractivity (Wildman–Crippen MR) is 57.3 cm³/mol. The third-order valence-corrected chi connectivity index (χ3v) is 2.32. The minimum absolute atomic E-state index is 0.407. The van der Waals surface area contributed by atoms with Crippen LogP contribution in [0.3, 0.4) is 0 Å². The Labute approximate surface area is 111 Å². The largest absolute Gasteiger partial charge is 0.479 e. The van der Waals surface area contributed by atoms with Gasteiger partial charge in [0.05, 0.1) is 6.61 Å². The second-order valence-corrected chi connectivity index (χ2v) is 3.80. The van der Waals surface area contributed by atoms with Crippen molar-refractivity contribution in [1.29, 1.82) is 0 Å². The molecule has 0 bridgehead atoms. The average Bonchev–Trinajstić information content (AvgIpc) is 2.64. The standard InChI is InChI=1S/C5H10O5.C4H6O6/c6-1-2-3(7)4(8)5(9)10-2;5-1(3(7)8)2(6)4(9)10/h2-9H,1H2;1-2,5-6H,(H,7,8)(H,9,10)/t2-,3-,4-,5-;/m1./s1. The van der Waals surface area contributed by atoms with Gasteiger partial charge in [-0.05, 0) is 0 Å². The number of ether oxygens (including phenoxy) is 1. The number of rotatable bonds is 4. The maximum Gasteiger partial charge on any atom is 0.335 e. The molecule has 1 saturated heterocycles. The zero-order chi connectivity index (χ0) is 16.0. The van der Waals surface area contributed by atoms with Crippen molar-refractivity contribution in [3.05, 3.63) is 0 Å². The van der Waals surface area contributed by atoms with E-state index in [1.54, 1.807) is 0 Å². The number of aliphatic carboxylic acids is 2. The van der Waals surface area contributed by atoms with Crippen molar-refractivity contribution in [3.8, 4) is 0 Å². The Kier molecular flexibility index (Phi) is 7.52. The van der Waals surface area contributed by atoms with Crippen LogP contribution in [0, 0.1) is 0 Å². The molecule has 6 atom stereocenters. The second kappa shape index (κ2) is 8.06.